The van der Waals surface area contributed by atoms with E-state index < -0.39 is 0 Å². The Morgan fingerprint density at radius 1 is 0.513 bits per heavy atom. The fourth-order valence-corrected chi connectivity index (χ4v) is 6.02. The van der Waals surface area contributed by atoms with Gasteiger partial charge in [0.25, 0.3) is 0 Å². The van der Waals surface area contributed by atoms with Gasteiger partial charge in [-0.25, -0.2) is 0 Å². The SMILES string of the molecule is Cc1cc(C)c(NCCNCCNc2c(C)cc(C)cc2C)c(C)c1.[Zr][CH](c1ccccc1)c1ccccc1. The van der Waals surface area contributed by atoms with Crippen LogP contribution in [0.2, 0.25) is 0 Å². The summed E-state index contributed by atoms with van der Waals surface area (Å²) in [6.45, 7) is 16.8. The molecule has 0 unspecified atom stereocenters. The van der Waals surface area contributed by atoms with Crippen LogP contribution in [0.3, 0.4) is 0 Å². The molecule has 0 aliphatic rings. The van der Waals surface area contributed by atoms with Gasteiger partial charge in [-0.15, -0.1) is 0 Å². The fourth-order valence-electron chi connectivity index (χ4n) is 5.08. The molecule has 0 atom stereocenters. The van der Waals surface area contributed by atoms with Gasteiger partial charge in [-0.3, -0.25) is 0 Å². The van der Waals surface area contributed by atoms with Gasteiger partial charge >= 0.3 is 100 Å². The van der Waals surface area contributed by atoms with Crippen LogP contribution in [0.4, 0.5) is 11.4 Å². The number of hydrogen-bond acceptors (Lipinski definition) is 3. The Labute approximate surface area is 251 Å². The molecule has 203 valence electrons. The number of benzene rings is 4. The molecule has 0 aromatic heterocycles. The van der Waals surface area contributed by atoms with Crippen LogP contribution in [0.15, 0.2) is 84.9 Å². The quantitative estimate of drug-likeness (QED) is 0.162. The Hall–Kier alpha value is -2.68. The van der Waals surface area contributed by atoms with Crippen molar-refractivity contribution >= 4 is 11.4 Å². The van der Waals surface area contributed by atoms with Gasteiger partial charge < -0.3 is 16.0 Å². The standard InChI is InChI=1S/C22H33N3.C13H11.Zr/c1-15-11-17(3)21(18(4)12-15)24-9-7-23-8-10-25-22-19(5)13-16(2)14-20(22)6;1-3-7-12(8-4-1)11-13-9-5-2-6-10-13;/h11-14,23-25H,7-10H2,1-6H3;1-11H;. The molecule has 0 aliphatic carbocycles. The first kappa shape index (κ1) is 30.9. The normalized spacial score (nSPS) is 10.6. The number of hydrogen-bond donors (Lipinski definition) is 3. The van der Waals surface area contributed by atoms with Crippen molar-refractivity contribution in [2.24, 2.45) is 0 Å². The third-order valence-electron chi connectivity index (χ3n) is 6.83. The molecule has 0 bridgehead atoms. The van der Waals surface area contributed by atoms with E-state index in [1.54, 1.807) is 24.7 Å². The molecular formula is C35H44N3Zr. The van der Waals surface area contributed by atoms with Crippen molar-refractivity contribution in [3.8, 4) is 0 Å². The molecule has 0 saturated carbocycles. The monoisotopic (exact) mass is 596 g/mol. The van der Waals surface area contributed by atoms with Crippen LogP contribution in [0.25, 0.3) is 0 Å². The molecule has 4 aromatic carbocycles. The van der Waals surface area contributed by atoms with Crippen molar-refractivity contribution in [1.82, 2.24) is 5.32 Å². The molecule has 4 heteroatoms. The fraction of sp³-hybridized carbons (Fsp3) is 0.314. The second-order valence-corrected chi connectivity index (χ2v) is 11.8. The van der Waals surface area contributed by atoms with E-state index in [9.17, 15) is 0 Å². The molecule has 0 fully saturated rings. The number of rotatable bonds is 10. The molecule has 0 aliphatic heterocycles. The summed E-state index contributed by atoms with van der Waals surface area (Å²) >= 11 is 1.54. The Morgan fingerprint density at radius 2 is 0.846 bits per heavy atom. The van der Waals surface area contributed by atoms with Crippen molar-refractivity contribution in [3.05, 3.63) is 129 Å². The minimum atomic E-state index is 0.574. The molecule has 39 heavy (non-hydrogen) atoms. The predicted molar refractivity (Wildman–Crippen MR) is 166 cm³/mol. The maximum absolute atomic E-state index is 3.56. The summed E-state index contributed by atoms with van der Waals surface area (Å²) in [6.07, 6.45) is 0. The molecular weight excluding hydrogens is 554 g/mol. The van der Waals surface area contributed by atoms with Gasteiger partial charge in [0, 0.05) is 37.6 Å². The van der Waals surface area contributed by atoms with E-state index in [0.29, 0.717) is 3.63 Å². The van der Waals surface area contributed by atoms with Crippen LogP contribution in [-0.2, 0) is 24.7 Å². The van der Waals surface area contributed by atoms with Crippen molar-refractivity contribution < 1.29 is 24.7 Å². The average Bonchev–Trinajstić information content (AvgIpc) is 2.91. The summed E-state index contributed by atoms with van der Waals surface area (Å²) in [5.41, 5.74) is 13.3. The van der Waals surface area contributed by atoms with Crippen LogP contribution in [0.5, 0.6) is 0 Å². The maximum atomic E-state index is 3.56. The van der Waals surface area contributed by atoms with Crippen LogP contribution in [0.1, 0.15) is 48.1 Å². The van der Waals surface area contributed by atoms with E-state index in [1.165, 1.54) is 55.9 Å². The molecule has 0 heterocycles. The first-order valence-electron chi connectivity index (χ1n) is 13.9. The summed E-state index contributed by atoms with van der Waals surface area (Å²) < 4.78 is 0.574. The van der Waals surface area contributed by atoms with Crippen LogP contribution >= 0.6 is 0 Å². The summed E-state index contributed by atoms with van der Waals surface area (Å²) in [6, 6.07) is 30.3. The zero-order chi connectivity index (χ0) is 28.2. The first-order valence-corrected chi connectivity index (χ1v) is 15.3. The van der Waals surface area contributed by atoms with Crippen molar-refractivity contribution in [2.45, 2.75) is 45.2 Å². The van der Waals surface area contributed by atoms with E-state index in [1.807, 2.05) is 0 Å². The average molecular weight is 598 g/mol. The van der Waals surface area contributed by atoms with Gasteiger partial charge in [-0.05, 0) is 63.8 Å². The molecule has 3 nitrogen and oxygen atoms in total. The summed E-state index contributed by atoms with van der Waals surface area (Å²) in [7, 11) is 0. The van der Waals surface area contributed by atoms with Gasteiger partial charge in [0.15, 0.2) is 0 Å². The number of anilines is 2. The zero-order valence-electron chi connectivity index (χ0n) is 24.5. The Balaban J connectivity index is 0.000000252. The van der Waals surface area contributed by atoms with E-state index >= 15 is 0 Å². The zero-order valence-corrected chi connectivity index (χ0v) is 26.9. The van der Waals surface area contributed by atoms with Crippen molar-refractivity contribution in [2.75, 3.05) is 36.8 Å². The van der Waals surface area contributed by atoms with E-state index in [0.717, 1.165) is 26.2 Å². The second kappa shape index (κ2) is 15.8. The topological polar surface area (TPSA) is 36.1 Å². The molecule has 3 N–H and O–H groups in total. The Morgan fingerprint density at radius 3 is 1.18 bits per heavy atom. The first-order chi connectivity index (χ1) is 18.8. The molecule has 0 saturated heterocycles. The molecule has 4 rings (SSSR count). The van der Waals surface area contributed by atoms with Crippen LogP contribution in [0, 0.1) is 41.5 Å². The predicted octanol–water partition coefficient (Wildman–Crippen LogP) is 7.97. The summed E-state index contributed by atoms with van der Waals surface area (Å²) in [5.74, 6) is 0. The number of nitrogens with one attached hydrogen (secondary N) is 3. The van der Waals surface area contributed by atoms with Gasteiger partial charge in [0.05, 0.1) is 0 Å². The van der Waals surface area contributed by atoms with E-state index in [2.05, 4.69) is 142 Å². The molecule has 0 radical (unpaired) electrons. The summed E-state index contributed by atoms with van der Waals surface area (Å²) in [5, 5.41) is 10.6. The second-order valence-electron chi connectivity index (χ2n) is 10.4. The van der Waals surface area contributed by atoms with Gasteiger partial charge in [0.1, 0.15) is 0 Å². The number of aryl methyl sites for hydroxylation is 6. The Kier molecular flexibility index (Phi) is 12.5. The molecule has 0 spiro atoms. The molecule has 4 aromatic rings. The van der Waals surface area contributed by atoms with Crippen molar-refractivity contribution in [3.63, 3.8) is 0 Å². The van der Waals surface area contributed by atoms with Gasteiger partial charge in [-0.2, -0.15) is 0 Å². The van der Waals surface area contributed by atoms with Gasteiger partial charge in [-0.1, -0.05) is 35.4 Å². The third-order valence-corrected chi connectivity index (χ3v) is 8.47. The minimum absolute atomic E-state index is 0.574. The molecule has 0 amide bonds. The van der Waals surface area contributed by atoms with Crippen molar-refractivity contribution in [1.29, 1.82) is 0 Å². The summed E-state index contributed by atoms with van der Waals surface area (Å²) in [4.78, 5) is 0. The van der Waals surface area contributed by atoms with E-state index in [-0.39, 0.29) is 0 Å². The van der Waals surface area contributed by atoms with Crippen LogP contribution < -0.4 is 16.0 Å². The third kappa shape index (κ3) is 9.78. The van der Waals surface area contributed by atoms with Crippen LogP contribution in [-0.4, -0.2) is 26.2 Å². The van der Waals surface area contributed by atoms with Gasteiger partial charge in [0.2, 0.25) is 0 Å². The Bertz CT molecular complexity index is 1160. The van der Waals surface area contributed by atoms with E-state index in [4.69, 9.17) is 0 Å².